The predicted octanol–water partition coefficient (Wildman–Crippen LogP) is 1.48. The Kier molecular flexibility index (Phi) is 4.53. The van der Waals surface area contributed by atoms with E-state index in [4.69, 9.17) is 5.11 Å². The van der Waals surface area contributed by atoms with E-state index in [0.717, 1.165) is 0 Å². The fourth-order valence-electron chi connectivity index (χ4n) is 1.21. The summed E-state index contributed by atoms with van der Waals surface area (Å²) in [6.07, 6.45) is -5.15. The molecule has 0 aromatic carbocycles. The summed E-state index contributed by atoms with van der Waals surface area (Å²) in [5.41, 5.74) is 0.646. The molecule has 7 heteroatoms. The summed E-state index contributed by atoms with van der Waals surface area (Å²) in [5, 5.41) is 15.4. The van der Waals surface area contributed by atoms with Gasteiger partial charge in [0.1, 0.15) is 0 Å². The molecule has 1 aromatic rings. The molecule has 0 spiro atoms. The van der Waals surface area contributed by atoms with Crippen molar-refractivity contribution >= 4 is 0 Å². The van der Waals surface area contributed by atoms with Crippen LogP contribution >= 0.6 is 0 Å². The number of alkyl halides is 3. The number of aliphatic hydroxyl groups excluding tert-OH is 1. The van der Waals surface area contributed by atoms with Gasteiger partial charge in [-0.15, -0.1) is 0 Å². The molecule has 0 aliphatic rings. The summed E-state index contributed by atoms with van der Waals surface area (Å²) in [4.78, 5) is 0. The molecule has 98 valence electrons. The highest BCUT2D eigenvalue weighted by atomic mass is 19.4. The summed E-state index contributed by atoms with van der Waals surface area (Å²) in [7, 11) is 0. The molecule has 0 bridgehead atoms. The molecule has 2 N–H and O–H groups in total. The molecule has 4 nitrogen and oxygen atoms in total. The second kappa shape index (κ2) is 5.50. The zero-order chi connectivity index (χ0) is 13.1. The van der Waals surface area contributed by atoms with Gasteiger partial charge in [0.25, 0.3) is 0 Å². The molecule has 1 atom stereocenters. The minimum atomic E-state index is -4.58. The lowest BCUT2D eigenvalue weighted by molar-refractivity contribution is -0.201. The monoisotopic (exact) mass is 251 g/mol. The molecule has 0 radical (unpaired) electrons. The smallest absolute Gasteiger partial charge is 0.382 e. The van der Waals surface area contributed by atoms with E-state index in [9.17, 15) is 13.2 Å². The molecule has 1 heterocycles. The average molecular weight is 251 g/mol. The molecule has 1 unspecified atom stereocenters. The first-order valence-corrected chi connectivity index (χ1v) is 5.30. The van der Waals surface area contributed by atoms with Gasteiger partial charge in [-0.05, 0) is 19.9 Å². The Morgan fingerprint density at radius 2 is 2.12 bits per heavy atom. The van der Waals surface area contributed by atoms with Crippen LogP contribution in [0, 0.1) is 0 Å². The third-order valence-electron chi connectivity index (χ3n) is 2.21. The highest BCUT2D eigenvalue weighted by Gasteiger charge is 2.37. The van der Waals surface area contributed by atoms with Gasteiger partial charge >= 0.3 is 6.18 Å². The zero-order valence-electron chi connectivity index (χ0n) is 9.70. The van der Waals surface area contributed by atoms with Gasteiger partial charge in [-0.25, -0.2) is 0 Å². The van der Waals surface area contributed by atoms with E-state index in [-0.39, 0.29) is 12.6 Å². The SMILES string of the molecule is CC(C)n1ccc(CNCC(O)C(F)(F)F)n1. The highest BCUT2D eigenvalue weighted by Crippen LogP contribution is 2.19. The van der Waals surface area contributed by atoms with Crippen molar-refractivity contribution in [3.05, 3.63) is 18.0 Å². The quantitative estimate of drug-likeness (QED) is 0.833. The lowest BCUT2D eigenvalue weighted by atomic mass is 10.3. The van der Waals surface area contributed by atoms with Gasteiger partial charge in [0, 0.05) is 25.3 Å². The van der Waals surface area contributed by atoms with E-state index < -0.39 is 18.8 Å². The number of rotatable bonds is 5. The maximum Gasteiger partial charge on any atom is 0.415 e. The Balaban J connectivity index is 2.36. The van der Waals surface area contributed by atoms with Crippen LogP contribution in [-0.4, -0.2) is 33.7 Å². The standard InChI is InChI=1S/C10H16F3N3O/c1-7(2)16-4-3-8(15-16)5-14-6-9(17)10(11,12)13/h3-4,7,9,14,17H,5-6H2,1-2H3. The van der Waals surface area contributed by atoms with Crippen LogP contribution in [-0.2, 0) is 6.54 Å². The molecule has 1 aromatic heterocycles. The zero-order valence-corrected chi connectivity index (χ0v) is 9.70. The molecule has 0 aliphatic carbocycles. The van der Waals surface area contributed by atoms with Gasteiger partial charge in [-0.2, -0.15) is 18.3 Å². The first kappa shape index (κ1) is 14.0. The molecule has 0 aliphatic heterocycles. The fraction of sp³-hybridized carbons (Fsp3) is 0.700. The van der Waals surface area contributed by atoms with Crippen molar-refractivity contribution in [3.8, 4) is 0 Å². The van der Waals surface area contributed by atoms with Crippen molar-refractivity contribution < 1.29 is 18.3 Å². The number of halogens is 3. The minimum Gasteiger partial charge on any atom is -0.382 e. The number of aliphatic hydroxyl groups is 1. The lowest BCUT2D eigenvalue weighted by Gasteiger charge is -2.14. The predicted molar refractivity (Wildman–Crippen MR) is 56.4 cm³/mol. The molecule has 17 heavy (non-hydrogen) atoms. The summed E-state index contributed by atoms with van der Waals surface area (Å²) in [6.45, 7) is 3.58. The van der Waals surface area contributed by atoms with Crippen molar-refractivity contribution in [1.29, 1.82) is 0 Å². The topological polar surface area (TPSA) is 50.1 Å². The number of hydrogen-bond donors (Lipinski definition) is 2. The first-order chi connectivity index (χ1) is 7.80. The van der Waals surface area contributed by atoms with Crippen LogP contribution in [0.2, 0.25) is 0 Å². The Hall–Kier alpha value is -1.08. The van der Waals surface area contributed by atoms with Crippen LogP contribution in [0.25, 0.3) is 0 Å². The minimum absolute atomic E-state index is 0.201. The molecule has 0 amide bonds. The van der Waals surface area contributed by atoms with Crippen molar-refractivity contribution in [1.82, 2.24) is 15.1 Å². The van der Waals surface area contributed by atoms with Gasteiger partial charge in [-0.3, -0.25) is 4.68 Å². The summed E-state index contributed by atoms with van der Waals surface area (Å²) in [5.74, 6) is 0. The molecule has 1 rings (SSSR count). The van der Waals surface area contributed by atoms with E-state index >= 15 is 0 Å². The van der Waals surface area contributed by atoms with Crippen molar-refractivity contribution in [2.45, 2.75) is 38.7 Å². The molecule has 0 saturated carbocycles. The van der Waals surface area contributed by atoms with Crippen molar-refractivity contribution in [2.75, 3.05) is 6.54 Å². The van der Waals surface area contributed by atoms with Crippen LogP contribution < -0.4 is 5.32 Å². The Morgan fingerprint density at radius 3 is 2.59 bits per heavy atom. The van der Waals surface area contributed by atoms with E-state index in [1.807, 2.05) is 13.8 Å². The molecular formula is C10H16F3N3O. The normalized spacial score (nSPS) is 14.3. The lowest BCUT2D eigenvalue weighted by Crippen LogP contribution is -2.38. The van der Waals surface area contributed by atoms with Crippen LogP contribution in [0.1, 0.15) is 25.6 Å². The number of hydrogen-bond acceptors (Lipinski definition) is 3. The second-order valence-corrected chi connectivity index (χ2v) is 4.07. The Morgan fingerprint density at radius 1 is 1.47 bits per heavy atom. The first-order valence-electron chi connectivity index (χ1n) is 5.30. The van der Waals surface area contributed by atoms with E-state index in [1.54, 1.807) is 16.9 Å². The van der Waals surface area contributed by atoms with Crippen LogP contribution in [0.4, 0.5) is 13.2 Å². The second-order valence-electron chi connectivity index (χ2n) is 4.07. The van der Waals surface area contributed by atoms with Gasteiger partial charge < -0.3 is 10.4 Å². The number of aromatic nitrogens is 2. The van der Waals surface area contributed by atoms with E-state index in [0.29, 0.717) is 5.69 Å². The van der Waals surface area contributed by atoms with Crippen LogP contribution in [0.5, 0.6) is 0 Å². The van der Waals surface area contributed by atoms with Gasteiger partial charge in [0.15, 0.2) is 6.10 Å². The fourth-order valence-corrected chi connectivity index (χ4v) is 1.21. The Bertz CT molecular complexity index is 349. The van der Waals surface area contributed by atoms with Gasteiger partial charge in [0.2, 0.25) is 0 Å². The van der Waals surface area contributed by atoms with Crippen molar-refractivity contribution in [3.63, 3.8) is 0 Å². The maximum atomic E-state index is 12.0. The maximum absolute atomic E-state index is 12.0. The largest absolute Gasteiger partial charge is 0.415 e. The summed E-state index contributed by atoms with van der Waals surface area (Å²) < 4.78 is 37.6. The van der Waals surface area contributed by atoms with Crippen LogP contribution in [0.3, 0.4) is 0 Å². The highest BCUT2D eigenvalue weighted by molar-refractivity contribution is 4.99. The third-order valence-corrected chi connectivity index (χ3v) is 2.21. The van der Waals surface area contributed by atoms with E-state index in [2.05, 4.69) is 10.4 Å². The van der Waals surface area contributed by atoms with E-state index in [1.165, 1.54) is 0 Å². The number of nitrogens with one attached hydrogen (secondary N) is 1. The average Bonchev–Trinajstić information content (AvgIpc) is 2.64. The van der Waals surface area contributed by atoms with Gasteiger partial charge in [-0.1, -0.05) is 0 Å². The Labute approximate surface area is 97.4 Å². The summed E-state index contributed by atoms with van der Waals surface area (Å²) in [6, 6.07) is 1.94. The van der Waals surface area contributed by atoms with Crippen LogP contribution in [0.15, 0.2) is 12.3 Å². The number of nitrogens with zero attached hydrogens (tertiary/aromatic N) is 2. The molecule has 0 saturated heterocycles. The van der Waals surface area contributed by atoms with Crippen molar-refractivity contribution in [2.24, 2.45) is 0 Å². The molecule has 0 fully saturated rings. The summed E-state index contributed by atoms with van der Waals surface area (Å²) >= 11 is 0. The van der Waals surface area contributed by atoms with Gasteiger partial charge in [0.05, 0.1) is 5.69 Å². The molecular weight excluding hydrogens is 235 g/mol. The third kappa shape index (κ3) is 4.35.